The Morgan fingerprint density at radius 3 is 2.91 bits per heavy atom. The van der Waals surface area contributed by atoms with E-state index >= 15 is 0 Å². The molecule has 5 nitrogen and oxygen atoms in total. The van der Waals surface area contributed by atoms with Gasteiger partial charge >= 0.3 is 0 Å². The zero-order valence-electron chi connectivity index (χ0n) is 13.4. The van der Waals surface area contributed by atoms with Crippen LogP contribution in [0.4, 0.5) is 5.95 Å². The highest BCUT2D eigenvalue weighted by Gasteiger charge is 2.17. The van der Waals surface area contributed by atoms with Gasteiger partial charge in [-0.3, -0.25) is 0 Å². The summed E-state index contributed by atoms with van der Waals surface area (Å²) in [6.45, 7) is 5.08. The summed E-state index contributed by atoms with van der Waals surface area (Å²) in [4.78, 5) is 7.27. The molecule has 0 saturated carbocycles. The summed E-state index contributed by atoms with van der Waals surface area (Å²) < 4.78 is 2.33. The molecule has 1 aromatic heterocycles. The number of fused-ring (bicyclic) bond motifs is 1. The van der Waals surface area contributed by atoms with Crippen molar-refractivity contribution in [1.29, 1.82) is 5.26 Å². The number of aryl methyl sites for hydroxylation is 1. The molecule has 3 rings (SSSR count). The lowest BCUT2D eigenvalue weighted by Gasteiger charge is -2.22. The first-order valence-electron chi connectivity index (χ1n) is 8.18. The van der Waals surface area contributed by atoms with Gasteiger partial charge in [0.15, 0.2) is 0 Å². The van der Waals surface area contributed by atoms with Gasteiger partial charge in [0, 0.05) is 32.6 Å². The van der Waals surface area contributed by atoms with E-state index in [4.69, 9.17) is 10.2 Å². The standard InChI is InChI=1S/C17H23N5.HI/c18-9-4-1-5-13-22-16-8-3-2-7-15(16)20-17(22)21-12-6-10-19-11-14-21;/h2-3,7-8,19H,1,4-6,10-14H2;1H. The zero-order valence-corrected chi connectivity index (χ0v) is 15.7. The van der Waals surface area contributed by atoms with E-state index in [0.29, 0.717) is 6.42 Å². The maximum Gasteiger partial charge on any atom is 0.206 e. The second-order valence-electron chi connectivity index (χ2n) is 5.76. The molecule has 0 bridgehead atoms. The first-order valence-corrected chi connectivity index (χ1v) is 8.18. The fourth-order valence-electron chi connectivity index (χ4n) is 3.04. The van der Waals surface area contributed by atoms with Crippen molar-refractivity contribution in [3.05, 3.63) is 24.3 Å². The fourth-order valence-corrected chi connectivity index (χ4v) is 3.04. The van der Waals surface area contributed by atoms with E-state index in [1.165, 1.54) is 5.52 Å². The zero-order chi connectivity index (χ0) is 15.2. The second-order valence-corrected chi connectivity index (χ2v) is 5.76. The van der Waals surface area contributed by atoms with E-state index in [-0.39, 0.29) is 24.0 Å². The molecule has 1 N–H and O–H groups in total. The average Bonchev–Trinajstić information content (AvgIpc) is 2.73. The van der Waals surface area contributed by atoms with Gasteiger partial charge in [-0.2, -0.15) is 5.26 Å². The molecule has 0 unspecified atom stereocenters. The molecule has 0 spiro atoms. The van der Waals surface area contributed by atoms with Gasteiger partial charge < -0.3 is 14.8 Å². The summed E-state index contributed by atoms with van der Waals surface area (Å²) in [6, 6.07) is 10.6. The van der Waals surface area contributed by atoms with Crippen molar-refractivity contribution in [1.82, 2.24) is 14.9 Å². The summed E-state index contributed by atoms with van der Waals surface area (Å²) >= 11 is 0. The lowest BCUT2D eigenvalue weighted by Crippen LogP contribution is -2.30. The van der Waals surface area contributed by atoms with Crippen LogP contribution in [0.25, 0.3) is 11.0 Å². The molecule has 2 aromatic rings. The topological polar surface area (TPSA) is 56.9 Å². The molecule has 1 aromatic carbocycles. The van der Waals surface area contributed by atoms with Crippen LogP contribution in [-0.2, 0) is 6.54 Å². The Morgan fingerprint density at radius 2 is 2.04 bits per heavy atom. The number of imidazole rings is 1. The summed E-state index contributed by atoms with van der Waals surface area (Å²) in [5.74, 6) is 1.09. The number of anilines is 1. The second kappa shape index (κ2) is 9.08. The van der Waals surface area contributed by atoms with Crippen LogP contribution in [-0.4, -0.2) is 35.7 Å². The van der Waals surface area contributed by atoms with Gasteiger partial charge in [-0.1, -0.05) is 12.1 Å². The van der Waals surface area contributed by atoms with Crippen molar-refractivity contribution in [3.8, 4) is 6.07 Å². The number of para-hydroxylation sites is 2. The van der Waals surface area contributed by atoms with Crippen LogP contribution >= 0.6 is 24.0 Å². The highest BCUT2D eigenvalue weighted by molar-refractivity contribution is 14.0. The molecule has 1 aliphatic rings. The van der Waals surface area contributed by atoms with E-state index in [2.05, 4.69) is 39.1 Å². The monoisotopic (exact) mass is 425 g/mol. The third-order valence-electron chi connectivity index (χ3n) is 4.18. The molecular weight excluding hydrogens is 401 g/mol. The van der Waals surface area contributed by atoms with Gasteiger partial charge in [-0.25, -0.2) is 4.98 Å². The van der Waals surface area contributed by atoms with Gasteiger partial charge in [-0.05, 0) is 37.9 Å². The van der Waals surface area contributed by atoms with E-state index in [0.717, 1.165) is 63.5 Å². The van der Waals surface area contributed by atoms with Gasteiger partial charge in [-0.15, -0.1) is 24.0 Å². The Bertz CT molecular complexity index is 653. The number of nitriles is 1. The van der Waals surface area contributed by atoms with Crippen molar-refractivity contribution in [2.45, 2.75) is 32.2 Å². The van der Waals surface area contributed by atoms with Crippen LogP contribution < -0.4 is 10.2 Å². The smallest absolute Gasteiger partial charge is 0.206 e. The average molecular weight is 425 g/mol. The van der Waals surface area contributed by atoms with Crippen molar-refractivity contribution in [3.63, 3.8) is 0 Å². The molecular formula is C17H24IN5. The van der Waals surface area contributed by atoms with Crippen LogP contribution in [0.15, 0.2) is 24.3 Å². The van der Waals surface area contributed by atoms with E-state index in [1.54, 1.807) is 0 Å². The van der Waals surface area contributed by atoms with Gasteiger partial charge in [0.1, 0.15) is 0 Å². The highest BCUT2D eigenvalue weighted by atomic mass is 127. The van der Waals surface area contributed by atoms with Crippen LogP contribution in [0.2, 0.25) is 0 Å². The lowest BCUT2D eigenvalue weighted by molar-refractivity contribution is 0.615. The van der Waals surface area contributed by atoms with E-state index in [9.17, 15) is 0 Å². The van der Waals surface area contributed by atoms with Crippen LogP contribution in [0.5, 0.6) is 0 Å². The summed E-state index contributed by atoms with van der Waals surface area (Å²) in [7, 11) is 0. The molecule has 0 atom stereocenters. The number of benzene rings is 1. The number of hydrogen-bond acceptors (Lipinski definition) is 4. The predicted molar refractivity (Wildman–Crippen MR) is 104 cm³/mol. The highest BCUT2D eigenvalue weighted by Crippen LogP contribution is 2.24. The van der Waals surface area contributed by atoms with Gasteiger partial charge in [0.25, 0.3) is 0 Å². The summed E-state index contributed by atoms with van der Waals surface area (Å²) in [5.41, 5.74) is 2.27. The van der Waals surface area contributed by atoms with Crippen molar-refractivity contribution >= 4 is 41.0 Å². The number of nitrogens with one attached hydrogen (secondary N) is 1. The predicted octanol–water partition coefficient (Wildman–Crippen LogP) is 3.15. The van der Waals surface area contributed by atoms with Crippen LogP contribution in [0.1, 0.15) is 25.7 Å². The number of nitrogens with zero attached hydrogens (tertiary/aromatic N) is 4. The van der Waals surface area contributed by atoms with E-state index < -0.39 is 0 Å². The normalized spacial score (nSPS) is 15.0. The minimum Gasteiger partial charge on any atom is -0.341 e. The van der Waals surface area contributed by atoms with Crippen LogP contribution in [0, 0.1) is 11.3 Å². The summed E-state index contributed by atoms with van der Waals surface area (Å²) in [6.07, 6.45) is 3.75. The summed E-state index contributed by atoms with van der Waals surface area (Å²) in [5, 5.41) is 12.1. The first-order chi connectivity index (χ1) is 10.9. The lowest BCUT2D eigenvalue weighted by atomic mass is 10.2. The van der Waals surface area contributed by atoms with E-state index in [1.807, 2.05) is 6.07 Å². The largest absolute Gasteiger partial charge is 0.341 e. The molecule has 23 heavy (non-hydrogen) atoms. The Labute approximate surface area is 154 Å². The maximum absolute atomic E-state index is 8.70. The Balaban J connectivity index is 0.00000192. The number of halogens is 1. The van der Waals surface area contributed by atoms with Gasteiger partial charge in [0.2, 0.25) is 5.95 Å². The minimum atomic E-state index is 0. The Kier molecular flexibility index (Phi) is 7.12. The molecule has 2 heterocycles. The Morgan fingerprint density at radius 1 is 1.17 bits per heavy atom. The molecule has 0 aliphatic carbocycles. The number of unbranched alkanes of at least 4 members (excludes halogenated alkanes) is 2. The quantitative estimate of drug-likeness (QED) is 0.591. The molecule has 1 saturated heterocycles. The number of rotatable bonds is 5. The first kappa shape index (κ1) is 18.0. The maximum atomic E-state index is 8.70. The molecule has 0 amide bonds. The third-order valence-corrected chi connectivity index (χ3v) is 4.18. The van der Waals surface area contributed by atoms with Crippen molar-refractivity contribution < 1.29 is 0 Å². The fraction of sp³-hybridized carbons (Fsp3) is 0.529. The van der Waals surface area contributed by atoms with Crippen molar-refractivity contribution in [2.24, 2.45) is 0 Å². The van der Waals surface area contributed by atoms with Crippen LogP contribution in [0.3, 0.4) is 0 Å². The molecule has 1 aliphatic heterocycles. The molecule has 6 heteroatoms. The molecule has 124 valence electrons. The number of aromatic nitrogens is 2. The number of hydrogen-bond donors (Lipinski definition) is 1. The molecule has 0 radical (unpaired) electrons. The third kappa shape index (κ3) is 4.36. The SMILES string of the molecule is I.N#CCCCCn1c(N2CCCNCC2)nc2ccccc21. The Hall–Kier alpha value is -1.33. The van der Waals surface area contributed by atoms with Crippen molar-refractivity contribution in [2.75, 3.05) is 31.1 Å². The molecule has 1 fully saturated rings. The minimum absolute atomic E-state index is 0. The van der Waals surface area contributed by atoms with Gasteiger partial charge in [0.05, 0.1) is 17.1 Å².